The van der Waals surface area contributed by atoms with Gasteiger partial charge in [0.05, 0.1) is 12.1 Å². The van der Waals surface area contributed by atoms with Crippen LogP contribution in [0.3, 0.4) is 0 Å². The molecule has 0 aliphatic carbocycles. The molecule has 0 bridgehead atoms. The van der Waals surface area contributed by atoms with Crippen LogP contribution >= 0.6 is 11.6 Å². The fraction of sp³-hybridized carbons (Fsp3) is 0.500. The molecule has 0 aliphatic heterocycles. The summed E-state index contributed by atoms with van der Waals surface area (Å²) in [6, 6.07) is 5.86. The molecule has 2 N–H and O–H groups in total. The summed E-state index contributed by atoms with van der Waals surface area (Å²) in [5.74, 6) is 1.58. The summed E-state index contributed by atoms with van der Waals surface area (Å²) < 4.78 is 5.11. The number of ether oxygens (including phenoxy) is 1. The zero-order chi connectivity index (χ0) is 11.4. The maximum atomic E-state index is 6.07. The summed E-state index contributed by atoms with van der Waals surface area (Å²) in [7, 11) is 1.61. The quantitative estimate of drug-likeness (QED) is 0.858. The molecule has 1 aromatic carbocycles. The molecular formula is C12H18ClNO. The van der Waals surface area contributed by atoms with Crippen molar-refractivity contribution in [1.29, 1.82) is 0 Å². The van der Waals surface area contributed by atoms with E-state index in [0.717, 1.165) is 0 Å². The van der Waals surface area contributed by atoms with E-state index in [1.165, 1.54) is 5.56 Å². The molecule has 0 heterocycles. The van der Waals surface area contributed by atoms with Crippen molar-refractivity contribution in [1.82, 2.24) is 0 Å². The SMILES string of the molecule is COc1ccc(C(CN)C(C)C)cc1Cl. The summed E-state index contributed by atoms with van der Waals surface area (Å²) in [6.07, 6.45) is 0. The molecule has 1 aromatic rings. The van der Waals surface area contributed by atoms with E-state index >= 15 is 0 Å². The molecule has 1 atom stereocenters. The molecule has 0 aliphatic rings. The van der Waals surface area contributed by atoms with Crippen LogP contribution < -0.4 is 10.5 Å². The minimum Gasteiger partial charge on any atom is -0.495 e. The minimum atomic E-state index is 0.355. The van der Waals surface area contributed by atoms with Gasteiger partial charge in [0.15, 0.2) is 0 Å². The summed E-state index contributed by atoms with van der Waals surface area (Å²) in [5.41, 5.74) is 6.93. The van der Waals surface area contributed by atoms with E-state index in [1.54, 1.807) is 7.11 Å². The minimum absolute atomic E-state index is 0.355. The second kappa shape index (κ2) is 5.38. The Morgan fingerprint density at radius 2 is 2.07 bits per heavy atom. The molecule has 0 fully saturated rings. The molecule has 2 nitrogen and oxygen atoms in total. The number of nitrogens with two attached hydrogens (primary N) is 1. The van der Waals surface area contributed by atoms with E-state index in [1.807, 2.05) is 18.2 Å². The van der Waals surface area contributed by atoms with Gasteiger partial charge in [-0.1, -0.05) is 31.5 Å². The Morgan fingerprint density at radius 1 is 1.40 bits per heavy atom. The zero-order valence-corrected chi connectivity index (χ0v) is 10.2. The fourth-order valence-electron chi connectivity index (χ4n) is 1.71. The third-order valence-electron chi connectivity index (χ3n) is 2.66. The molecule has 0 aromatic heterocycles. The summed E-state index contributed by atoms with van der Waals surface area (Å²) >= 11 is 6.07. The van der Waals surface area contributed by atoms with Crippen molar-refractivity contribution in [2.45, 2.75) is 19.8 Å². The van der Waals surface area contributed by atoms with Crippen LogP contribution in [0.2, 0.25) is 5.02 Å². The molecule has 0 spiro atoms. The van der Waals surface area contributed by atoms with Crippen molar-refractivity contribution in [3.05, 3.63) is 28.8 Å². The number of benzene rings is 1. The van der Waals surface area contributed by atoms with Crippen LogP contribution in [0.15, 0.2) is 18.2 Å². The van der Waals surface area contributed by atoms with E-state index in [4.69, 9.17) is 22.1 Å². The van der Waals surface area contributed by atoms with Gasteiger partial charge in [-0.05, 0) is 36.1 Å². The Balaban J connectivity index is 3.00. The zero-order valence-electron chi connectivity index (χ0n) is 9.46. The van der Waals surface area contributed by atoms with Gasteiger partial charge in [-0.2, -0.15) is 0 Å². The molecule has 15 heavy (non-hydrogen) atoms. The van der Waals surface area contributed by atoms with Crippen molar-refractivity contribution in [2.24, 2.45) is 11.7 Å². The van der Waals surface area contributed by atoms with Gasteiger partial charge in [-0.3, -0.25) is 0 Å². The molecule has 0 saturated heterocycles. The second-order valence-electron chi connectivity index (χ2n) is 3.98. The number of rotatable bonds is 4. The average Bonchev–Trinajstić information content (AvgIpc) is 2.18. The fourth-order valence-corrected chi connectivity index (χ4v) is 1.97. The van der Waals surface area contributed by atoms with Crippen LogP contribution in [0.25, 0.3) is 0 Å². The van der Waals surface area contributed by atoms with E-state index in [-0.39, 0.29) is 0 Å². The van der Waals surface area contributed by atoms with Crippen LogP contribution in [0.5, 0.6) is 5.75 Å². The van der Waals surface area contributed by atoms with Crippen LogP contribution in [0, 0.1) is 5.92 Å². The molecule has 0 saturated carbocycles. The van der Waals surface area contributed by atoms with Crippen LogP contribution in [0.1, 0.15) is 25.3 Å². The lowest BCUT2D eigenvalue weighted by Crippen LogP contribution is -2.17. The van der Waals surface area contributed by atoms with Crippen molar-refractivity contribution in [3.8, 4) is 5.75 Å². The lowest BCUT2D eigenvalue weighted by atomic mass is 9.88. The van der Waals surface area contributed by atoms with Crippen LogP contribution in [-0.2, 0) is 0 Å². The Labute approximate surface area is 96.4 Å². The highest BCUT2D eigenvalue weighted by Gasteiger charge is 2.15. The number of halogens is 1. The highest BCUT2D eigenvalue weighted by atomic mass is 35.5. The van der Waals surface area contributed by atoms with Gasteiger partial charge in [0, 0.05) is 0 Å². The van der Waals surface area contributed by atoms with E-state index in [0.29, 0.717) is 29.2 Å². The van der Waals surface area contributed by atoms with Crippen molar-refractivity contribution >= 4 is 11.6 Å². The van der Waals surface area contributed by atoms with Gasteiger partial charge in [-0.15, -0.1) is 0 Å². The monoisotopic (exact) mass is 227 g/mol. The van der Waals surface area contributed by atoms with E-state index in [2.05, 4.69) is 13.8 Å². The number of hydrogen-bond donors (Lipinski definition) is 1. The Morgan fingerprint density at radius 3 is 2.47 bits per heavy atom. The lowest BCUT2D eigenvalue weighted by molar-refractivity contribution is 0.414. The second-order valence-corrected chi connectivity index (χ2v) is 4.39. The molecule has 0 radical (unpaired) electrons. The first-order valence-corrected chi connectivity index (χ1v) is 5.51. The van der Waals surface area contributed by atoms with E-state index < -0.39 is 0 Å². The summed E-state index contributed by atoms with van der Waals surface area (Å²) in [6.45, 7) is 4.96. The first-order chi connectivity index (χ1) is 7.10. The van der Waals surface area contributed by atoms with Gasteiger partial charge in [0.2, 0.25) is 0 Å². The molecule has 1 rings (SSSR count). The molecule has 0 amide bonds. The highest BCUT2D eigenvalue weighted by molar-refractivity contribution is 6.32. The smallest absolute Gasteiger partial charge is 0.137 e. The van der Waals surface area contributed by atoms with Crippen molar-refractivity contribution in [2.75, 3.05) is 13.7 Å². The standard InChI is InChI=1S/C12H18ClNO/c1-8(2)10(7-14)9-4-5-12(15-3)11(13)6-9/h4-6,8,10H,7,14H2,1-3H3. The van der Waals surface area contributed by atoms with Crippen molar-refractivity contribution < 1.29 is 4.74 Å². The molecular weight excluding hydrogens is 210 g/mol. The molecule has 84 valence electrons. The third kappa shape index (κ3) is 2.86. The first kappa shape index (κ1) is 12.3. The maximum absolute atomic E-state index is 6.07. The van der Waals surface area contributed by atoms with Gasteiger partial charge < -0.3 is 10.5 Å². The molecule has 1 unspecified atom stereocenters. The Hall–Kier alpha value is -0.730. The Kier molecular flexibility index (Phi) is 4.43. The van der Waals surface area contributed by atoms with Gasteiger partial charge in [-0.25, -0.2) is 0 Å². The maximum Gasteiger partial charge on any atom is 0.137 e. The number of hydrogen-bond acceptors (Lipinski definition) is 2. The predicted octanol–water partition coefficient (Wildman–Crippen LogP) is 3.05. The summed E-state index contributed by atoms with van der Waals surface area (Å²) in [5, 5.41) is 0.647. The van der Waals surface area contributed by atoms with Gasteiger partial charge >= 0.3 is 0 Å². The normalized spacial score (nSPS) is 12.9. The van der Waals surface area contributed by atoms with Gasteiger partial charge in [0.25, 0.3) is 0 Å². The topological polar surface area (TPSA) is 35.2 Å². The largest absolute Gasteiger partial charge is 0.495 e. The van der Waals surface area contributed by atoms with Gasteiger partial charge in [0.1, 0.15) is 5.75 Å². The van der Waals surface area contributed by atoms with Crippen molar-refractivity contribution in [3.63, 3.8) is 0 Å². The molecule has 3 heteroatoms. The lowest BCUT2D eigenvalue weighted by Gasteiger charge is -2.20. The summed E-state index contributed by atoms with van der Waals surface area (Å²) in [4.78, 5) is 0. The van der Waals surface area contributed by atoms with Crippen LogP contribution in [0.4, 0.5) is 0 Å². The predicted molar refractivity (Wildman–Crippen MR) is 64.6 cm³/mol. The Bertz CT molecular complexity index is 325. The van der Waals surface area contributed by atoms with Crippen LogP contribution in [-0.4, -0.2) is 13.7 Å². The first-order valence-electron chi connectivity index (χ1n) is 5.13. The third-order valence-corrected chi connectivity index (χ3v) is 2.96. The number of methoxy groups -OCH3 is 1. The van der Waals surface area contributed by atoms with E-state index in [9.17, 15) is 0 Å². The average molecular weight is 228 g/mol. The highest BCUT2D eigenvalue weighted by Crippen LogP contribution is 2.30.